The van der Waals surface area contributed by atoms with E-state index in [4.69, 9.17) is 4.42 Å². The molecule has 3 aliphatic heterocycles. The lowest BCUT2D eigenvalue weighted by atomic mass is 9.45. The van der Waals surface area contributed by atoms with Gasteiger partial charge in [-0.25, -0.2) is 0 Å². The number of fused-ring (bicyclic) bond motifs is 12. The number of unbranched alkanes of at least 4 members (excludes halogenated alkanes) is 1. The number of hydrogen-bond acceptors (Lipinski definition) is 2. The van der Waals surface area contributed by atoms with Crippen LogP contribution < -0.4 is 15.8 Å². The van der Waals surface area contributed by atoms with Gasteiger partial charge in [0.15, 0.2) is 5.58 Å². The summed E-state index contributed by atoms with van der Waals surface area (Å²) in [4.78, 5) is 2.85. The van der Waals surface area contributed by atoms with Gasteiger partial charge in [0, 0.05) is 38.6 Å². The first-order chi connectivity index (χ1) is 20.5. The summed E-state index contributed by atoms with van der Waals surface area (Å²) in [5.41, 5.74) is 16.5. The number of anilines is 2. The van der Waals surface area contributed by atoms with Crippen LogP contribution in [-0.4, -0.2) is 16.9 Å². The smallest absolute Gasteiger partial charge is 0.333 e. The Morgan fingerprint density at radius 3 is 2.60 bits per heavy atom. The van der Waals surface area contributed by atoms with Gasteiger partial charge in [0.1, 0.15) is 5.58 Å². The van der Waals surface area contributed by atoms with Gasteiger partial charge in [-0.15, -0.1) is 0 Å². The molecular formula is C38H35BN2O. The van der Waals surface area contributed by atoms with E-state index in [1.165, 1.54) is 99.3 Å². The van der Waals surface area contributed by atoms with E-state index in [0.717, 1.165) is 17.6 Å². The molecule has 3 nitrogen and oxygen atoms in total. The van der Waals surface area contributed by atoms with Gasteiger partial charge in [-0.2, -0.15) is 0 Å². The van der Waals surface area contributed by atoms with Crippen molar-refractivity contribution in [3.05, 3.63) is 83.9 Å². The van der Waals surface area contributed by atoms with Crippen molar-refractivity contribution in [1.82, 2.24) is 4.48 Å². The molecule has 2 unspecified atom stereocenters. The van der Waals surface area contributed by atoms with Crippen molar-refractivity contribution in [2.75, 3.05) is 4.90 Å². The van der Waals surface area contributed by atoms with E-state index in [1.807, 2.05) is 0 Å². The maximum absolute atomic E-state index is 6.67. The van der Waals surface area contributed by atoms with Crippen molar-refractivity contribution in [2.24, 2.45) is 0 Å². The molecule has 0 radical (unpaired) electrons. The number of rotatable bonds is 3. The minimum absolute atomic E-state index is 0.0619. The molecule has 0 amide bonds. The number of para-hydroxylation sites is 3. The first-order valence-electron chi connectivity index (χ1n) is 16.1. The number of benzene rings is 4. The Bertz CT molecular complexity index is 2150. The fourth-order valence-electron chi connectivity index (χ4n) is 9.75. The van der Waals surface area contributed by atoms with Crippen LogP contribution in [0.1, 0.15) is 70.4 Å². The highest BCUT2D eigenvalue weighted by Crippen LogP contribution is 2.61. The third-order valence-electron chi connectivity index (χ3n) is 11.9. The average Bonchev–Trinajstić information content (AvgIpc) is 3.61. The molecular weight excluding hydrogens is 511 g/mol. The second-order valence-corrected chi connectivity index (χ2v) is 13.8. The van der Waals surface area contributed by atoms with E-state index in [0.29, 0.717) is 0 Å². The van der Waals surface area contributed by atoms with E-state index in [9.17, 15) is 0 Å². The summed E-state index contributed by atoms with van der Waals surface area (Å²) in [5, 5.41) is 2.44. The Kier molecular flexibility index (Phi) is 4.34. The zero-order chi connectivity index (χ0) is 28.0. The summed E-state index contributed by atoms with van der Waals surface area (Å²) in [6, 6.07) is 27.9. The molecule has 2 aromatic heterocycles. The summed E-state index contributed by atoms with van der Waals surface area (Å²) < 4.78 is 9.34. The third kappa shape index (κ3) is 2.51. The molecule has 0 spiro atoms. The van der Waals surface area contributed by atoms with Crippen LogP contribution >= 0.6 is 0 Å². The van der Waals surface area contributed by atoms with Crippen LogP contribution in [0.5, 0.6) is 0 Å². The zero-order valence-electron chi connectivity index (χ0n) is 24.8. The maximum atomic E-state index is 6.67. The fraction of sp³-hybridized carbons (Fsp3) is 0.316. The first kappa shape index (κ1) is 23.6. The van der Waals surface area contributed by atoms with E-state index in [1.54, 1.807) is 5.56 Å². The maximum Gasteiger partial charge on any atom is 0.333 e. The highest BCUT2D eigenvalue weighted by molar-refractivity contribution is 6.90. The molecule has 5 heterocycles. The second kappa shape index (κ2) is 7.72. The molecule has 1 saturated carbocycles. The summed E-state index contributed by atoms with van der Waals surface area (Å²) in [6.45, 7) is 7.57. The molecule has 6 aromatic rings. The van der Waals surface area contributed by atoms with Crippen LogP contribution in [0.3, 0.4) is 0 Å². The average molecular weight is 547 g/mol. The van der Waals surface area contributed by atoms with Crippen molar-refractivity contribution in [2.45, 2.75) is 76.7 Å². The lowest BCUT2D eigenvalue weighted by molar-refractivity contribution is 0.195. The van der Waals surface area contributed by atoms with Gasteiger partial charge in [0.25, 0.3) is 0 Å². The van der Waals surface area contributed by atoms with Crippen LogP contribution in [0, 0.1) is 0 Å². The van der Waals surface area contributed by atoms with E-state index < -0.39 is 0 Å². The largest absolute Gasteiger partial charge is 0.454 e. The molecule has 10 rings (SSSR count). The molecule has 1 aliphatic carbocycles. The lowest BCUT2D eigenvalue weighted by Gasteiger charge is -2.52. The Hall–Kier alpha value is -3.92. The van der Waals surface area contributed by atoms with E-state index in [-0.39, 0.29) is 17.8 Å². The number of furan rings is 1. The van der Waals surface area contributed by atoms with Crippen molar-refractivity contribution < 1.29 is 4.42 Å². The number of aromatic nitrogens is 1. The minimum Gasteiger partial charge on any atom is -0.454 e. The molecule has 4 aliphatic rings. The van der Waals surface area contributed by atoms with Gasteiger partial charge in [-0.3, -0.25) is 0 Å². The first-order valence-corrected chi connectivity index (χ1v) is 16.1. The normalized spacial score (nSPS) is 23.1. The van der Waals surface area contributed by atoms with Gasteiger partial charge < -0.3 is 13.8 Å². The van der Waals surface area contributed by atoms with Gasteiger partial charge in [0.05, 0.1) is 11.1 Å². The summed E-state index contributed by atoms with van der Waals surface area (Å²) in [6.07, 6.45) is 8.66. The van der Waals surface area contributed by atoms with Crippen LogP contribution in [0.2, 0.25) is 0 Å². The molecule has 0 bridgehead atoms. The molecule has 1 fully saturated rings. The van der Waals surface area contributed by atoms with Gasteiger partial charge in [-0.1, -0.05) is 81.6 Å². The highest BCUT2D eigenvalue weighted by Gasteiger charge is 2.61. The molecule has 0 N–H and O–H groups in total. The minimum atomic E-state index is 0.0619. The van der Waals surface area contributed by atoms with Crippen molar-refractivity contribution in [3.8, 4) is 11.1 Å². The Labute approximate surface area is 247 Å². The Balaban J connectivity index is 1.41. The monoisotopic (exact) mass is 546 g/mol. The van der Waals surface area contributed by atoms with Crippen molar-refractivity contribution >= 4 is 62.1 Å². The van der Waals surface area contributed by atoms with Crippen LogP contribution in [-0.2, 0) is 11.8 Å². The molecule has 0 saturated heterocycles. The van der Waals surface area contributed by atoms with E-state index in [2.05, 4.69) is 103 Å². The fourth-order valence-corrected chi connectivity index (χ4v) is 9.75. The lowest BCUT2D eigenvalue weighted by Crippen LogP contribution is -2.61. The summed E-state index contributed by atoms with van der Waals surface area (Å²) in [5.74, 6) is 0. The molecule has 206 valence electrons. The van der Waals surface area contributed by atoms with Crippen LogP contribution in [0.25, 0.3) is 44.1 Å². The van der Waals surface area contributed by atoms with Crippen LogP contribution in [0.15, 0.2) is 77.2 Å². The van der Waals surface area contributed by atoms with Crippen LogP contribution in [0.4, 0.5) is 11.4 Å². The highest BCUT2D eigenvalue weighted by atomic mass is 16.3. The number of nitrogens with zero attached hydrogens (tertiary/aromatic N) is 2. The number of hydrogen-bond donors (Lipinski definition) is 0. The predicted molar refractivity (Wildman–Crippen MR) is 176 cm³/mol. The molecule has 4 aromatic carbocycles. The number of aryl methyl sites for hydroxylation is 1. The van der Waals surface area contributed by atoms with Gasteiger partial charge in [-0.05, 0) is 84.5 Å². The topological polar surface area (TPSA) is 21.3 Å². The predicted octanol–water partition coefficient (Wildman–Crippen LogP) is 8.57. The standard InChI is InChI=1S/C38H35BN2O/c1-4-5-12-23-21-27-24-14-10-15-26-33(24)41(34-25-13-6-7-18-31(25)42-36(26)34)39-29-17-11-16-28-35(29)40(30(22-23)32(27)39)38(3)20-9-8-19-37(28,38)2/h6-7,10-11,13-18,21-22H,4-5,8-9,12,19-20H2,1-3H3. The summed E-state index contributed by atoms with van der Waals surface area (Å²) >= 11 is 0. The SMILES string of the molecule is CCCCc1cc2c3c(c1)N1c4c(cccc4C4(C)CCCCC14C)B3n1c3c-2cccc3c2oc3ccccc3c21. The Morgan fingerprint density at radius 1 is 0.857 bits per heavy atom. The Morgan fingerprint density at radius 2 is 1.69 bits per heavy atom. The quantitative estimate of drug-likeness (QED) is 0.207. The van der Waals surface area contributed by atoms with Crippen molar-refractivity contribution in [3.63, 3.8) is 0 Å². The summed E-state index contributed by atoms with van der Waals surface area (Å²) in [7, 11) is 0. The third-order valence-corrected chi connectivity index (χ3v) is 11.9. The second-order valence-electron chi connectivity index (χ2n) is 13.8. The molecule has 4 heteroatoms. The van der Waals surface area contributed by atoms with Crippen molar-refractivity contribution in [1.29, 1.82) is 0 Å². The van der Waals surface area contributed by atoms with Gasteiger partial charge >= 0.3 is 6.85 Å². The van der Waals surface area contributed by atoms with E-state index >= 15 is 0 Å². The molecule has 42 heavy (non-hydrogen) atoms. The zero-order valence-corrected chi connectivity index (χ0v) is 24.8. The van der Waals surface area contributed by atoms with Gasteiger partial charge in [0.2, 0.25) is 0 Å². The molecule has 2 atom stereocenters.